The lowest BCUT2D eigenvalue weighted by Crippen LogP contribution is -1.99. The van der Waals surface area contributed by atoms with Crippen LogP contribution in [-0.4, -0.2) is 21.0 Å². The summed E-state index contributed by atoms with van der Waals surface area (Å²) in [7, 11) is 0. The molecule has 2 N–H and O–H groups in total. The van der Waals surface area contributed by atoms with Gasteiger partial charge < -0.3 is 10.1 Å². The van der Waals surface area contributed by atoms with Crippen molar-refractivity contribution >= 4 is 28.6 Å². The van der Waals surface area contributed by atoms with Gasteiger partial charge in [-0.25, -0.2) is 14.2 Å². The minimum atomic E-state index is -1.32. The number of fused-ring (bicyclic) bond motifs is 1. The molecule has 3 rings (SSSR count). The van der Waals surface area contributed by atoms with Gasteiger partial charge in [0.25, 0.3) is 0 Å². The third-order valence-electron chi connectivity index (χ3n) is 3.26. The van der Waals surface area contributed by atoms with E-state index in [0.717, 1.165) is 17.2 Å². The number of rotatable bonds is 2. The summed E-state index contributed by atoms with van der Waals surface area (Å²) in [4.78, 5) is 18.3. The molecule has 0 bridgehead atoms. The zero-order valence-corrected chi connectivity index (χ0v) is 11.7. The van der Waals surface area contributed by atoms with Gasteiger partial charge in [0.05, 0.1) is 16.6 Å². The van der Waals surface area contributed by atoms with E-state index in [1.54, 1.807) is 12.1 Å². The summed E-state index contributed by atoms with van der Waals surface area (Å²) in [6.07, 6.45) is 0. The Balaban J connectivity index is 2.21. The molecular formula is C15H10ClFN2O2. The monoisotopic (exact) mass is 304 g/mol. The number of benzene rings is 2. The number of carbonyl (C=O) groups is 1. The number of carboxylic acids is 1. The van der Waals surface area contributed by atoms with Gasteiger partial charge in [-0.1, -0.05) is 17.7 Å². The van der Waals surface area contributed by atoms with Crippen LogP contribution < -0.4 is 0 Å². The van der Waals surface area contributed by atoms with Crippen LogP contribution in [0.2, 0.25) is 5.02 Å². The molecule has 0 saturated carbocycles. The number of aromatic amines is 1. The molecule has 106 valence electrons. The minimum Gasteiger partial charge on any atom is -0.478 e. The van der Waals surface area contributed by atoms with Crippen molar-refractivity contribution in [2.75, 3.05) is 0 Å². The molecule has 21 heavy (non-hydrogen) atoms. The molecule has 0 aliphatic carbocycles. The average molecular weight is 305 g/mol. The molecular weight excluding hydrogens is 295 g/mol. The highest BCUT2D eigenvalue weighted by Crippen LogP contribution is 2.27. The minimum absolute atomic E-state index is 0.392. The number of aromatic nitrogens is 2. The second kappa shape index (κ2) is 4.86. The Morgan fingerprint density at radius 3 is 2.81 bits per heavy atom. The summed E-state index contributed by atoms with van der Waals surface area (Å²) in [6, 6.07) is 7.73. The van der Waals surface area contributed by atoms with Crippen LogP contribution in [0, 0.1) is 12.7 Å². The number of nitrogens with zero attached hydrogens (tertiary/aromatic N) is 1. The van der Waals surface area contributed by atoms with Crippen molar-refractivity contribution in [2.24, 2.45) is 0 Å². The number of carboxylic acid groups (broad SMARTS) is 1. The smallest absolute Gasteiger partial charge is 0.338 e. The quantitative estimate of drug-likeness (QED) is 0.751. The Morgan fingerprint density at radius 1 is 1.33 bits per heavy atom. The van der Waals surface area contributed by atoms with E-state index in [1.165, 1.54) is 6.07 Å². The normalized spacial score (nSPS) is 11.0. The SMILES string of the molecule is Cc1ccc(Cl)cc1-c1nc2cc(C(=O)O)c(F)cc2[nH]1. The molecule has 0 amide bonds. The topological polar surface area (TPSA) is 66.0 Å². The highest BCUT2D eigenvalue weighted by atomic mass is 35.5. The van der Waals surface area contributed by atoms with Gasteiger partial charge in [0.2, 0.25) is 0 Å². The molecule has 1 aromatic heterocycles. The first kappa shape index (κ1) is 13.6. The Labute approximate surface area is 124 Å². The van der Waals surface area contributed by atoms with Crippen molar-refractivity contribution in [1.82, 2.24) is 9.97 Å². The van der Waals surface area contributed by atoms with Gasteiger partial charge in [-0.15, -0.1) is 0 Å². The lowest BCUT2D eigenvalue weighted by Gasteiger charge is -2.02. The predicted octanol–water partition coefficient (Wildman–Crippen LogP) is 4.03. The highest BCUT2D eigenvalue weighted by Gasteiger charge is 2.15. The van der Waals surface area contributed by atoms with Gasteiger partial charge in [0.1, 0.15) is 11.6 Å². The maximum atomic E-state index is 13.7. The van der Waals surface area contributed by atoms with E-state index in [2.05, 4.69) is 9.97 Å². The molecule has 0 fully saturated rings. The number of aromatic carboxylic acids is 1. The van der Waals surface area contributed by atoms with Crippen LogP contribution in [0.4, 0.5) is 4.39 Å². The second-order valence-corrected chi connectivity index (χ2v) is 5.14. The van der Waals surface area contributed by atoms with Crippen LogP contribution in [0.15, 0.2) is 30.3 Å². The Hall–Kier alpha value is -2.40. The van der Waals surface area contributed by atoms with Gasteiger partial charge in [-0.2, -0.15) is 0 Å². The first-order valence-electron chi connectivity index (χ1n) is 6.15. The van der Waals surface area contributed by atoms with Gasteiger partial charge in [0, 0.05) is 16.7 Å². The molecule has 0 unspecified atom stereocenters. The Morgan fingerprint density at radius 2 is 2.10 bits per heavy atom. The van der Waals surface area contributed by atoms with E-state index in [-0.39, 0.29) is 0 Å². The largest absolute Gasteiger partial charge is 0.478 e. The molecule has 3 aromatic rings. The van der Waals surface area contributed by atoms with Crippen molar-refractivity contribution in [3.8, 4) is 11.4 Å². The zero-order valence-electron chi connectivity index (χ0n) is 10.9. The molecule has 2 aromatic carbocycles. The summed E-state index contributed by atoms with van der Waals surface area (Å²) >= 11 is 5.98. The number of halogens is 2. The lowest BCUT2D eigenvalue weighted by molar-refractivity contribution is 0.0692. The van der Waals surface area contributed by atoms with Crippen molar-refractivity contribution in [3.05, 3.63) is 52.3 Å². The standard InChI is InChI=1S/C15H10ClFN2O2/c1-7-2-3-8(16)4-9(7)14-18-12-5-10(15(20)21)11(17)6-13(12)19-14/h2-6H,1H3,(H,18,19)(H,20,21). The van der Waals surface area contributed by atoms with Gasteiger partial charge in [0.15, 0.2) is 0 Å². The first-order chi connectivity index (χ1) is 9.95. The zero-order chi connectivity index (χ0) is 15.1. The van der Waals surface area contributed by atoms with E-state index < -0.39 is 17.3 Å². The molecule has 0 atom stereocenters. The van der Waals surface area contributed by atoms with E-state index in [4.69, 9.17) is 16.7 Å². The van der Waals surface area contributed by atoms with Gasteiger partial charge in [-0.3, -0.25) is 0 Å². The number of imidazole rings is 1. The van der Waals surface area contributed by atoms with Crippen molar-refractivity contribution in [2.45, 2.75) is 6.92 Å². The third-order valence-corrected chi connectivity index (χ3v) is 3.49. The average Bonchev–Trinajstić information content (AvgIpc) is 2.82. The summed E-state index contributed by atoms with van der Waals surface area (Å²) in [5, 5.41) is 9.50. The van der Waals surface area contributed by atoms with E-state index in [9.17, 15) is 9.18 Å². The molecule has 0 aliphatic heterocycles. The van der Waals surface area contributed by atoms with Crippen molar-refractivity contribution in [1.29, 1.82) is 0 Å². The van der Waals surface area contributed by atoms with Crippen molar-refractivity contribution < 1.29 is 14.3 Å². The molecule has 0 spiro atoms. The summed E-state index contributed by atoms with van der Waals surface area (Å²) < 4.78 is 13.7. The summed E-state index contributed by atoms with van der Waals surface area (Å²) in [5.41, 5.74) is 2.17. The number of nitrogens with one attached hydrogen (secondary N) is 1. The third kappa shape index (κ3) is 2.36. The van der Waals surface area contributed by atoms with Gasteiger partial charge >= 0.3 is 5.97 Å². The number of hydrogen-bond acceptors (Lipinski definition) is 2. The van der Waals surface area contributed by atoms with Crippen LogP contribution in [0.25, 0.3) is 22.4 Å². The van der Waals surface area contributed by atoms with Crippen LogP contribution in [0.1, 0.15) is 15.9 Å². The van der Waals surface area contributed by atoms with Crippen molar-refractivity contribution in [3.63, 3.8) is 0 Å². The molecule has 6 heteroatoms. The van der Waals surface area contributed by atoms with Crippen LogP contribution in [0.3, 0.4) is 0 Å². The number of hydrogen-bond donors (Lipinski definition) is 2. The van der Waals surface area contributed by atoms with Crippen LogP contribution in [0.5, 0.6) is 0 Å². The second-order valence-electron chi connectivity index (χ2n) is 4.70. The summed E-state index contributed by atoms with van der Waals surface area (Å²) in [6.45, 7) is 1.90. The highest BCUT2D eigenvalue weighted by molar-refractivity contribution is 6.30. The van der Waals surface area contributed by atoms with E-state index in [1.807, 2.05) is 13.0 Å². The first-order valence-corrected chi connectivity index (χ1v) is 6.52. The Bertz CT molecular complexity index is 873. The maximum Gasteiger partial charge on any atom is 0.338 e. The molecule has 0 saturated heterocycles. The van der Waals surface area contributed by atoms with Crippen LogP contribution >= 0.6 is 11.6 Å². The molecule has 1 heterocycles. The van der Waals surface area contributed by atoms with E-state index >= 15 is 0 Å². The summed E-state index contributed by atoms with van der Waals surface area (Å²) in [5.74, 6) is -1.60. The Kier molecular flexibility index (Phi) is 3.14. The maximum absolute atomic E-state index is 13.7. The molecule has 0 aliphatic rings. The molecule has 4 nitrogen and oxygen atoms in total. The fraction of sp³-hybridized carbons (Fsp3) is 0.0667. The fourth-order valence-electron chi connectivity index (χ4n) is 2.17. The van der Waals surface area contributed by atoms with E-state index in [0.29, 0.717) is 21.9 Å². The number of aryl methyl sites for hydroxylation is 1. The number of H-pyrrole nitrogens is 1. The molecule has 0 radical (unpaired) electrons. The van der Waals surface area contributed by atoms with Gasteiger partial charge in [-0.05, 0) is 30.7 Å². The lowest BCUT2D eigenvalue weighted by atomic mass is 10.1. The predicted molar refractivity (Wildman–Crippen MR) is 78.2 cm³/mol. The fourth-order valence-corrected chi connectivity index (χ4v) is 2.34. The van der Waals surface area contributed by atoms with Crippen LogP contribution in [-0.2, 0) is 0 Å².